The Morgan fingerprint density at radius 3 is 2.41 bits per heavy atom. The zero-order chi connectivity index (χ0) is 15.3. The molecule has 4 aliphatic carbocycles. The van der Waals surface area contributed by atoms with E-state index in [2.05, 4.69) is 23.0 Å². The molecule has 0 saturated heterocycles. The first kappa shape index (κ1) is 14.1. The van der Waals surface area contributed by atoms with E-state index in [1.807, 2.05) is 0 Å². The Bertz CT molecular complexity index is 579. The third-order valence-electron chi connectivity index (χ3n) is 6.01. The number of aromatic nitrogens is 1. The standard InChI is InChI=1S/C18H24N2O2/c1-19(22)17(21)3-2-13-4-5-20(12-13)18-9-14-6-15(10-18)8-16(7-14)11-18/h2-5,12,14-16,22H,6-11H2,1H3/b3-2+. The van der Waals surface area contributed by atoms with Gasteiger partial charge in [-0.2, -0.15) is 0 Å². The smallest absolute Gasteiger partial charge is 0.269 e. The first-order valence-corrected chi connectivity index (χ1v) is 8.37. The quantitative estimate of drug-likeness (QED) is 0.529. The highest BCUT2D eigenvalue weighted by Gasteiger charge is 2.51. The lowest BCUT2D eigenvalue weighted by Gasteiger charge is -2.57. The molecule has 4 aliphatic rings. The number of hydroxylamine groups is 2. The molecule has 1 aromatic heterocycles. The Kier molecular flexibility index (Phi) is 3.19. The van der Waals surface area contributed by atoms with Crippen LogP contribution in [0, 0.1) is 17.8 Å². The fraction of sp³-hybridized carbons (Fsp3) is 0.611. The van der Waals surface area contributed by atoms with Gasteiger partial charge in [-0.1, -0.05) is 0 Å². The zero-order valence-electron chi connectivity index (χ0n) is 13.1. The van der Waals surface area contributed by atoms with Crippen molar-refractivity contribution in [2.75, 3.05) is 7.05 Å². The van der Waals surface area contributed by atoms with E-state index in [0.717, 1.165) is 23.3 Å². The van der Waals surface area contributed by atoms with Crippen LogP contribution in [-0.2, 0) is 10.3 Å². The summed E-state index contributed by atoms with van der Waals surface area (Å²) in [5.41, 5.74) is 1.37. The molecule has 4 bridgehead atoms. The molecule has 4 saturated carbocycles. The average Bonchev–Trinajstić information content (AvgIpc) is 2.92. The van der Waals surface area contributed by atoms with Gasteiger partial charge in [0.1, 0.15) is 0 Å². The van der Waals surface area contributed by atoms with Gasteiger partial charge in [-0.3, -0.25) is 10.0 Å². The van der Waals surface area contributed by atoms with E-state index < -0.39 is 5.91 Å². The van der Waals surface area contributed by atoms with Gasteiger partial charge in [0.05, 0.1) is 0 Å². The maximum Gasteiger partial charge on any atom is 0.269 e. The summed E-state index contributed by atoms with van der Waals surface area (Å²) in [4.78, 5) is 11.4. The fourth-order valence-corrected chi connectivity index (χ4v) is 5.46. The predicted octanol–water partition coefficient (Wildman–Crippen LogP) is 3.27. The number of hydrogen-bond donors (Lipinski definition) is 1. The number of likely N-dealkylation sites (N-methyl/N-ethyl adjacent to an activating group) is 1. The second-order valence-corrected chi connectivity index (χ2v) is 7.69. The van der Waals surface area contributed by atoms with Gasteiger partial charge in [-0.25, -0.2) is 5.06 Å². The van der Waals surface area contributed by atoms with Gasteiger partial charge in [-0.15, -0.1) is 0 Å². The first-order chi connectivity index (χ1) is 10.5. The minimum absolute atomic E-state index is 0.332. The number of nitrogens with zero attached hydrogens (tertiary/aromatic N) is 2. The number of hydrogen-bond acceptors (Lipinski definition) is 2. The second kappa shape index (κ2) is 4.98. The molecule has 4 fully saturated rings. The van der Waals surface area contributed by atoms with Gasteiger partial charge < -0.3 is 4.57 Å². The lowest BCUT2D eigenvalue weighted by atomic mass is 9.53. The van der Waals surface area contributed by atoms with E-state index in [9.17, 15) is 4.79 Å². The van der Waals surface area contributed by atoms with Crippen molar-refractivity contribution in [3.05, 3.63) is 30.1 Å². The maximum absolute atomic E-state index is 11.4. The summed E-state index contributed by atoms with van der Waals surface area (Å²) in [6.45, 7) is 0. The van der Waals surface area contributed by atoms with Crippen LogP contribution in [0.5, 0.6) is 0 Å². The Hall–Kier alpha value is -1.55. The Morgan fingerprint density at radius 2 is 1.86 bits per heavy atom. The van der Waals surface area contributed by atoms with Crippen LogP contribution in [0.15, 0.2) is 24.5 Å². The van der Waals surface area contributed by atoms with Crippen molar-refractivity contribution >= 4 is 12.0 Å². The molecule has 22 heavy (non-hydrogen) atoms. The minimum atomic E-state index is -0.400. The zero-order valence-corrected chi connectivity index (χ0v) is 13.1. The minimum Gasteiger partial charge on any atom is -0.348 e. The van der Waals surface area contributed by atoms with Gasteiger partial charge in [0.2, 0.25) is 0 Å². The molecule has 4 nitrogen and oxygen atoms in total. The maximum atomic E-state index is 11.4. The van der Waals surface area contributed by atoms with Gasteiger partial charge in [-0.05, 0) is 74.0 Å². The van der Waals surface area contributed by atoms with Crippen molar-refractivity contribution in [2.45, 2.75) is 44.1 Å². The van der Waals surface area contributed by atoms with Crippen LogP contribution in [0.25, 0.3) is 6.08 Å². The second-order valence-electron chi connectivity index (χ2n) is 7.69. The van der Waals surface area contributed by atoms with Crippen molar-refractivity contribution in [1.29, 1.82) is 0 Å². The molecule has 1 amide bonds. The van der Waals surface area contributed by atoms with E-state index in [1.165, 1.54) is 51.6 Å². The first-order valence-electron chi connectivity index (χ1n) is 8.37. The molecule has 0 spiro atoms. The molecular weight excluding hydrogens is 276 g/mol. The molecule has 5 rings (SSSR count). The van der Waals surface area contributed by atoms with Crippen LogP contribution in [0.1, 0.15) is 44.1 Å². The summed E-state index contributed by atoms with van der Waals surface area (Å²) in [5.74, 6) is 2.38. The summed E-state index contributed by atoms with van der Waals surface area (Å²) in [5, 5.41) is 9.69. The van der Waals surface area contributed by atoms with Crippen LogP contribution < -0.4 is 0 Å². The van der Waals surface area contributed by atoms with Gasteiger partial charge >= 0.3 is 0 Å². The SMILES string of the molecule is CN(O)C(=O)/C=C/c1ccn(C23CC4CC(CC(C4)C2)C3)c1. The fourth-order valence-electron chi connectivity index (χ4n) is 5.46. The summed E-state index contributed by atoms with van der Waals surface area (Å²) in [6, 6.07) is 2.07. The van der Waals surface area contributed by atoms with E-state index in [4.69, 9.17) is 5.21 Å². The van der Waals surface area contributed by atoms with E-state index in [0.29, 0.717) is 10.6 Å². The van der Waals surface area contributed by atoms with Crippen molar-refractivity contribution in [3.63, 3.8) is 0 Å². The van der Waals surface area contributed by atoms with E-state index >= 15 is 0 Å². The summed E-state index contributed by atoms with van der Waals surface area (Å²) < 4.78 is 2.42. The van der Waals surface area contributed by atoms with Crippen LogP contribution in [0.2, 0.25) is 0 Å². The molecule has 4 heteroatoms. The normalized spacial score (nSPS) is 36.2. The summed E-state index contributed by atoms with van der Waals surface area (Å²) in [6.07, 6.45) is 15.9. The van der Waals surface area contributed by atoms with Gasteiger partial charge in [0.15, 0.2) is 0 Å². The molecule has 0 unspecified atom stereocenters. The Balaban J connectivity index is 1.56. The lowest BCUT2D eigenvalue weighted by Crippen LogP contribution is -2.51. The molecule has 0 atom stereocenters. The number of rotatable bonds is 3. The van der Waals surface area contributed by atoms with Crippen molar-refractivity contribution < 1.29 is 10.0 Å². The highest BCUT2D eigenvalue weighted by molar-refractivity contribution is 5.90. The molecule has 1 heterocycles. The molecule has 0 aromatic carbocycles. The molecule has 0 aliphatic heterocycles. The van der Waals surface area contributed by atoms with Crippen LogP contribution in [0.3, 0.4) is 0 Å². The van der Waals surface area contributed by atoms with Gasteiger partial charge in [0.25, 0.3) is 5.91 Å². The van der Waals surface area contributed by atoms with E-state index in [-0.39, 0.29) is 0 Å². The third kappa shape index (κ3) is 2.30. The third-order valence-corrected chi connectivity index (χ3v) is 6.01. The van der Waals surface area contributed by atoms with Crippen molar-refractivity contribution in [1.82, 2.24) is 9.63 Å². The highest BCUT2D eigenvalue weighted by Crippen LogP contribution is 2.58. The molecule has 1 aromatic rings. The largest absolute Gasteiger partial charge is 0.348 e. The number of carbonyl (C=O) groups excluding carboxylic acids is 1. The number of amides is 1. The van der Waals surface area contributed by atoms with Crippen molar-refractivity contribution in [3.8, 4) is 0 Å². The average molecular weight is 300 g/mol. The predicted molar refractivity (Wildman–Crippen MR) is 84.2 cm³/mol. The topological polar surface area (TPSA) is 45.5 Å². The molecular formula is C18H24N2O2. The van der Waals surface area contributed by atoms with E-state index in [1.54, 1.807) is 6.08 Å². The van der Waals surface area contributed by atoms with Crippen LogP contribution in [0.4, 0.5) is 0 Å². The van der Waals surface area contributed by atoms with Crippen molar-refractivity contribution in [2.24, 2.45) is 17.8 Å². The van der Waals surface area contributed by atoms with Crippen LogP contribution in [-0.4, -0.2) is 27.8 Å². The Morgan fingerprint density at radius 1 is 1.27 bits per heavy atom. The lowest BCUT2D eigenvalue weighted by molar-refractivity contribution is -0.153. The molecule has 118 valence electrons. The summed E-state index contributed by atoms with van der Waals surface area (Å²) in [7, 11) is 1.34. The molecule has 0 radical (unpaired) electrons. The highest BCUT2D eigenvalue weighted by atomic mass is 16.5. The number of carbonyl (C=O) groups is 1. The van der Waals surface area contributed by atoms with Gasteiger partial charge in [0, 0.05) is 31.1 Å². The summed E-state index contributed by atoms with van der Waals surface area (Å²) >= 11 is 0. The monoisotopic (exact) mass is 300 g/mol. The van der Waals surface area contributed by atoms with Crippen LogP contribution >= 0.6 is 0 Å². The molecule has 1 N–H and O–H groups in total. The Labute approximate surface area is 131 Å².